The summed E-state index contributed by atoms with van der Waals surface area (Å²) in [5.74, 6) is 0.223. The molecule has 1 aliphatic rings. The first-order valence-electron chi connectivity index (χ1n) is 6.85. The molecule has 0 heterocycles. The zero-order valence-corrected chi connectivity index (χ0v) is 12.5. The van der Waals surface area contributed by atoms with Crippen LogP contribution in [0.1, 0.15) is 29.0 Å². The molecule has 104 valence electrons. The van der Waals surface area contributed by atoms with E-state index in [0.717, 1.165) is 18.4 Å². The van der Waals surface area contributed by atoms with Crippen molar-refractivity contribution in [3.05, 3.63) is 69.2 Å². The second kappa shape index (κ2) is 5.77. The van der Waals surface area contributed by atoms with Gasteiger partial charge in [-0.25, -0.2) is 0 Å². The van der Waals surface area contributed by atoms with E-state index in [1.807, 2.05) is 18.2 Å². The zero-order chi connectivity index (χ0) is 14.1. The SMILES string of the molecule is OC(Cc1ccc(Cl)c(Cl)c1)C1CCc2ccccc21. The van der Waals surface area contributed by atoms with Crippen LogP contribution in [0.25, 0.3) is 0 Å². The smallest absolute Gasteiger partial charge is 0.0649 e. The van der Waals surface area contributed by atoms with E-state index in [-0.39, 0.29) is 12.0 Å². The van der Waals surface area contributed by atoms with E-state index in [2.05, 4.69) is 18.2 Å². The minimum Gasteiger partial charge on any atom is -0.392 e. The molecular formula is C17H16Cl2O. The molecule has 0 fully saturated rings. The first kappa shape index (κ1) is 13.9. The topological polar surface area (TPSA) is 20.2 Å². The number of aliphatic hydroxyl groups excluding tert-OH is 1. The molecule has 0 aliphatic heterocycles. The van der Waals surface area contributed by atoms with Crippen LogP contribution >= 0.6 is 23.2 Å². The fraction of sp³-hybridized carbons (Fsp3) is 0.294. The molecule has 0 saturated carbocycles. The summed E-state index contributed by atoms with van der Waals surface area (Å²) >= 11 is 11.9. The monoisotopic (exact) mass is 306 g/mol. The van der Waals surface area contributed by atoms with Crippen molar-refractivity contribution in [3.8, 4) is 0 Å². The van der Waals surface area contributed by atoms with Gasteiger partial charge in [0.15, 0.2) is 0 Å². The van der Waals surface area contributed by atoms with Crippen LogP contribution < -0.4 is 0 Å². The molecule has 0 amide bonds. The van der Waals surface area contributed by atoms with Crippen molar-refractivity contribution in [2.24, 2.45) is 0 Å². The van der Waals surface area contributed by atoms with E-state index in [1.54, 1.807) is 6.07 Å². The highest BCUT2D eigenvalue weighted by Gasteiger charge is 2.28. The van der Waals surface area contributed by atoms with Gasteiger partial charge in [-0.1, -0.05) is 53.5 Å². The second-order valence-corrected chi connectivity index (χ2v) is 6.18. The van der Waals surface area contributed by atoms with Gasteiger partial charge in [-0.2, -0.15) is 0 Å². The van der Waals surface area contributed by atoms with E-state index in [0.29, 0.717) is 16.5 Å². The van der Waals surface area contributed by atoms with Gasteiger partial charge in [0.2, 0.25) is 0 Å². The van der Waals surface area contributed by atoms with Gasteiger partial charge >= 0.3 is 0 Å². The highest BCUT2D eigenvalue weighted by Crippen LogP contribution is 2.36. The van der Waals surface area contributed by atoms with Crippen molar-refractivity contribution >= 4 is 23.2 Å². The van der Waals surface area contributed by atoms with Crippen LogP contribution in [0.15, 0.2) is 42.5 Å². The van der Waals surface area contributed by atoms with E-state index in [9.17, 15) is 5.11 Å². The van der Waals surface area contributed by atoms with Crippen molar-refractivity contribution in [1.82, 2.24) is 0 Å². The maximum Gasteiger partial charge on any atom is 0.0649 e. The summed E-state index contributed by atoms with van der Waals surface area (Å²) in [5.41, 5.74) is 3.68. The molecule has 0 saturated heterocycles. The number of rotatable bonds is 3. The normalized spacial score (nSPS) is 18.9. The average molecular weight is 307 g/mol. The van der Waals surface area contributed by atoms with Crippen molar-refractivity contribution < 1.29 is 5.11 Å². The predicted molar refractivity (Wildman–Crippen MR) is 83.7 cm³/mol. The van der Waals surface area contributed by atoms with Gasteiger partial charge in [-0.05, 0) is 48.1 Å². The van der Waals surface area contributed by atoms with E-state index in [4.69, 9.17) is 23.2 Å². The first-order valence-corrected chi connectivity index (χ1v) is 7.60. The number of fused-ring (bicyclic) bond motifs is 1. The zero-order valence-electron chi connectivity index (χ0n) is 11.0. The Labute approximate surface area is 129 Å². The number of aliphatic hydroxyl groups is 1. The summed E-state index contributed by atoms with van der Waals surface area (Å²) in [4.78, 5) is 0. The predicted octanol–water partition coefficient (Wildman–Crippen LogP) is 4.63. The standard InChI is InChI=1S/C17H16Cl2O/c18-15-8-5-11(9-16(15)19)10-17(20)14-7-6-12-3-1-2-4-13(12)14/h1-5,8-9,14,17,20H,6-7,10H2. The Hall–Kier alpha value is -1.02. The lowest BCUT2D eigenvalue weighted by Gasteiger charge is -2.19. The molecule has 20 heavy (non-hydrogen) atoms. The summed E-state index contributed by atoms with van der Waals surface area (Å²) in [6, 6.07) is 13.9. The van der Waals surface area contributed by atoms with E-state index >= 15 is 0 Å². The lowest BCUT2D eigenvalue weighted by molar-refractivity contribution is 0.143. The minimum atomic E-state index is -0.379. The quantitative estimate of drug-likeness (QED) is 0.877. The molecule has 1 nitrogen and oxygen atoms in total. The Balaban J connectivity index is 1.77. The van der Waals surface area contributed by atoms with Crippen molar-refractivity contribution in [1.29, 1.82) is 0 Å². The minimum absolute atomic E-state index is 0.223. The molecule has 2 aromatic rings. The first-order chi connectivity index (χ1) is 9.65. The summed E-state index contributed by atoms with van der Waals surface area (Å²) in [7, 11) is 0. The third-order valence-electron chi connectivity index (χ3n) is 4.07. The van der Waals surface area contributed by atoms with Crippen molar-refractivity contribution in [2.45, 2.75) is 31.3 Å². The van der Waals surface area contributed by atoms with Gasteiger partial charge in [0.1, 0.15) is 0 Å². The Bertz CT molecular complexity index is 624. The Kier molecular flexibility index (Phi) is 4.02. The van der Waals surface area contributed by atoms with Crippen LogP contribution in [0.5, 0.6) is 0 Å². The Morgan fingerprint density at radius 3 is 2.70 bits per heavy atom. The Morgan fingerprint density at radius 1 is 1.10 bits per heavy atom. The molecular weight excluding hydrogens is 291 g/mol. The van der Waals surface area contributed by atoms with Gasteiger partial charge in [0.05, 0.1) is 16.1 Å². The van der Waals surface area contributed by atoms with Crippen LogP contribution in [-0.2, 0) is 12.8 Å². The van der Waals surface area contributed by atoms with Gasteiger partial charge in [0.25, 0.3) is 0 Å². The molecule has 2 aromatic carbocycles. The molecule has 0 aromatic heterocycles. The molecule has 1 N–H and O–H groups in total. The maximum absolute atomic E-state index is 10.5. The van der Waals surface area contributed by atoms with E-state index < -0.39 is 0 Å². The lowest BCUT2D eigenvalue weighted by Crippen LogP contribution is -2.19. The number of aryl methyl sites for hydroxylation is 1. The number of hydrogen-bond acceptors (Lipinski definition) is 1. The summed E-state index contributed by atoms with van der Waals surface area (Å²) in [6.45, 7) is 0. The molecule has 3 rings (SSSR count). The van der Waals surface area contributed by atoms with Crippen molar-refractivity contribution in [2.75, 3.05) is 0 Å². The molecule has 1 aliphatic carbocycles. The molecule has 2 unspecified atom stereocenters. The van der Waals surface area contributed by atoms with Gasteiger partial charge in [-0.3, -0.25) is 0 Å². The Morgan fingerprint density at radius 2 is 1.90 bits per heavy atom. The number of benzene rings is 2. The van der Waals surface area contributed by atoms with Gasteiger partial charge in [-0.15, -0.1) is 0 Å². The highest BCUT2D eigenvalue weighted by atomic mass is 35.5. The van der Waals surface area contributed by atoms with E-state index in [1.165, 1.54) is 11.1 Å². The summed E-state index contributed by atoms with van der Waals surface area (Å²) < 4.78 is 0. The average Bonchev–Trinajstić information content (AvgIpc) is 2.87. The molecule has 2 atom stereocenters. The van der Waals surface area contributed by atoms with Gasteiger partial charge < -0.3 is 5.11 Å². The summed E-state index contributed by atoms with van der Waals surface area (Å²) in [6.07, 6.45) is 2.30. The number of hydrogen-bond donors (Lipinski definition) is 1. The maximum atomic E-state index is 10.5. The van der Waals surface area contributed by atoms with Crippen LogP contribution in [-0.4, -0.2) is 11.2 Å². The van der Waals surface area contributed by atoms with Crippen LogP contribution in [0.3, 0.4) is 0 Å². The molecule has 0 radical (unpaired) electrons. The molecule has 3 heteroatoms. The van der Waals surface area contributed by atoms with Crippen LogP contribution in [0.4, 0.5) is 0 Å². The second-order valence-electron chi connectivity index (χ2n) is 5.36. The summed E-state index contributed by atoms with van der Waals surface area (Å²) in [5, 5.41) is 11.6. The largest absolute Gasteiger partial charge is 0.392 e. The number of halogens is 2. The fourth-order valence-corrected chi connectivity index (χ4v) is 3.36. The van der Waals surface area contributed by atoms with Crippen LogP contribution in [0, 0.1) is 0 Å². The van der Waals surface area contributed by atoms with Gasteiger partial charge in [0, 0.05) is 5.92 Å². The van der Waals surface area contributed by atoms with Crippen molar-refractivity contribution in [3.63, 3.8) is 0 Å². The third kappa shape index (κ3) is 2.71. The lowest BCUT2D eigenvalue weighted by atomic mass is 9.91. The van der Waals surface area contributed by atoms with Crippen LogP contribution in [0.2, 0.25) is 10.0 Å². The highest BCUT2D eigenvalue weighted by molar-refractivity contribution is 6.42. The molecule has 0 bridgehead atoms. The fourth-order valence-electron chi connectivity index (χ4n) is 3.04. The molecule has 0 spiro atoms. The third-order valence-corrected chi connectivity index (χ3v) is 4.81.